The molecule has 0 aliphatic carbocycles. The SMILES string of the molecule is COC(=O)C(N)c1cc2ccc(C)cc2n1C. The van der Waals surface area contributed by atoms with Gasteiger partial charge in [0, 0.05) is 18.3 Å². The van der Waals surface area contributed by atoms with E-state index >= 15 is 0 Å². The summed E-state index contributed by atoms with van der Waals surface area (Å²) in [6.45, 7) is 2.03. The lowest BCUT2D eigenvalue weighted by atomic mass is 10.2. The summed E-state index contributed by atoms with van der Waals surface area (Å²) in [4.78, 5) is 11.4. The summed E-state index contributed by atoms with van der Waals surface area (Å²) in [5.74, 6) is -0.423. The zero-order valence-corrected chi connectivity index (χ0v) is 10.2. The highest BCUT2D eigenvalue weighted by molar-refractivity contribution is 5.85. The second kappa shape index (κ2) is 4.22. The molecule has 2 rings (SSSR count). The minimum Gasteiger partial charge on any atom is -0.468 e. The summed E-state index contributed by atoms with van der Waals surface area (Å²) < 4.78 is 6.60. The van der Waals surface area contributed by atoms with E-state index in [1.165, 1.54) is 12.7 Å². The first-order valence-corrected chi connectivity index (χ1v) is 5.44. The molecule has 90 valence electrons. The Morgan fingerprint density at radius 3 is 2.76 bits per heavy atom. The van der Waals surface area contributed by atoms with Crippen molar-refractivity contribution < 1.29 is 9.53 Å². The van der Waals surface area contributed by atoms with Crippen LogP contribution < -0.4 is 5.73 Å². The van der Waals surface area contributed by atoms with Gasteiger partial charge in [0.1, 0.15) is 6.04 Å². The van der Waals surface area contributed by atoms with E-state index in [-0.39, 0.29) is 0 Å². The molecule has 17 heavy (non-hydrogen) atoms. The molecule has 0 bridgehead atoms. The summed E-state index contributed by atoms with van der Waals surface area (Å²) in [7, 11) is 3.24. The summed E-state index contributed by atoms with van der Waals surface area (Å²) in [6, 6.07) is 7.32. The first kappa shape index (κ1) is 11.7. The highest BCUT2D eigenvalue weighted by Gasteiger charge is 2.20. The maximum absolute atomic E-state index is 11.4. The van der Waals surface area contributed by atoms with Gasteiger partial charge in [0.05, 0.1) is 7.11 Å². The topological polar surface area (TPSA) is 57.2 Å². The average Bonchev–Trinajstić information content (AvgIpc) is 2.65. The van der Waals surface area contributed by atoms with Crippen LogP contribution in [0.2, 0.25) is 0 Å². The molecule has 0 aliphatic rings. The van der Waals surface area contributed by atoms with Crippen LogP contribution in [0.1, 0.15) is 17.3 Å². The Kier molecular flexibility index (Phi) is 2.90. The number of carbonyl (C=O) groups is 1. The van der Waals surface area contributed by atoms with Crippen molar-refractivity contribution in [2.24, 2.45) is 12.8 Å². The molecular weight excluding hydrogens is 216 g/mol. The molecule has 1 aromatic carbocycles. The van der Waals surface area contributed by atoms with Crippen molar-refractivity contribution in [3.8, 4) is 0 Å². The summed E-state index contributed by atoms with van der Waals surface area (Å²) >= 11 is 0. The van der Waals surface area contributed by atoms with Gasteiger partial charge in [0.2, 0.25) is 0 Å². The van der Waals surface area contributed by atoms with Crippen LogP contribution in [0.4, 0.5) is 0 Å². The molecule has 0 saturated heterocycles. The second-order valence-corrected chi connectivity index (χ2v) is 4.19. The lowest BCUT2D eigenvalue weighted by molar-refractivity contribution is -0.142. The maximum atomic E-state index is 11.4. The van der Waals surface area contributed by atoms with Crippen molar-refractivity contribution in [2.45, 2.75) is 13.0 Å². The van der Waals surface area contributed by atoms with E-state index in [1.807, 2.05) is 36.7 Å². The van der Waals surface area contributed by atoms with E-state index in [2.05, 4.69) is 10.8 Å². The maximum Gasteiger partial charge on any atom is 0.328 e. The van der Waals surface area contributed by atoms with Gasteiger partial charge >= 0.3 is 5.97 Å². The molecule has 2 aromatic rings. The molecule has 0 fully saturated rings. The molecule has 1 heterocycles. The standard InChI is InChI=1S/C13H16N2O2/c1-8-4-5-9-7-11(12(14)13(16)17-3)15(2)10(9)6-8/h4-7,12H,14H2,1-3H3. The van der Waals surface area contributed by atoms with Gasteiger partial charge in [-0.15, -0.1) is 0 Å². The van der Waals surface area contributed by atoms with Crippen LogP contribution in [0, 0.1) is 6.92 Å². The quantitative estimate of drug-likeness (QED) is 0.801. The third-order valence-corrected chi connectivity index (χ3v) is 3.01. The van der Waals surface area contributed by atoms with Crippen molar-refractivity contribution in [2.75, 3.05) is 7.11 Å². The van der Waals surface area contributed by atoms with Crippen molar-refractivity contribution in [3.05, 3.63) is 35.5 Å². The summed E-state index contributed by atoms with van der Waals surface area (Å²) in [5, 5.41) is 1.08. The number of hydrogen-bond donors (Lipinski definition) is 1. The van der Waals surface area contributed by atoms with E-state index in [1.54, 1.807) is 0 Å². The van der Waals surface area contributed by atoms with Gasteiger partial charge in [-0.2, -0.15) is 0 Å². The zero-order chi connectivity index (χ0) is 12.6. The van der Waals surface area contributed by atoms with Crippen LogP contribution >= 0.6 is 0 Å². The highest BCUT2D eigenvalue weighted by Crippen LogP contribution is 2.23. The molecule has 1 atom stereocenters. The van der Waals surface area contributed by atoms with E-state index in [4.69, 9.17) is 5.73 Å². The Bertz CT molecular complexity index is 572. The number of nitrogens with two attached hydrogens (primary N) is 1. The molecule has 0 amide bonds. The molecule has 4 nitrogen and oxygen atoms in total. The van der Waals surface area contributed by atoms with E-state index in [0.717, 1.165) is 16.6 Å². The smallest absolute Gasteiger partial charge is 0.328 e. The first-order chi connectivity index (χ1) is 8.04. The number of aromatic nitrogens is 1. The van der Waals surface area contributed by atoms with Crippen molar-refractivity contribution in [1.82, 2.24) is 4.57 Å². The Labute approximate surface area is 100.0 Å². The molecule has 0 aliphatic heterocycles. The fraction of sp³-hybridized carbons (Fsp3) is 0.308. The normalized spacial score (nSPS) is 12.7. The Morgan fingerprint density at radius 2 is 2.12 bits per heavy atom. The third kappa shape index (κ3) is 1.91. The van der Waals surface area contributed by atoms with Crippen molar-refractivity contribution >= 4 is 16.9 Å². The number of benzene rings is 1. The molecule has 2 N–H and O–H groups in total. The largest absolute Gasteiger partial charge is 0.468 e. The van der Waals surface area contributed by atoms with Crippen LogP contribution in [0.15, 0.2) is 24.3 Å². The van der Waals surface area contributed by atoms with Gasteiger partial charge in [0.15, 0.2) is 0 Å². The van der Waals surface area contributed by atoms with Crippen molar-refractivity contribution in [1.29, 1.82) is 0 Å². The van der Waals surface area contributed by atoms with E-state index < -0.39 is 12.0 Å². The predicted molar refractivity (Wildman–Crippen MR) is 66.6 cm³/mol. The van der Waals surface area contributed by atoms with Gasteiger partial charge in [0.25, 0.3) is 0 Å². The highest BCUT2D eigenvalue weighted by atomic mass is 16.5. The average molecular weight is 232 g/mol. The zero-order valence-electron chi connectivity index (χ0n) is 10.2. The number of rotatable bonds is 2. The number of carbonyl (C=O) groups excluding carboxylic acids is 1. The third-order valence-electron chi connectivity index (χ3n) is 3.01. The number of esters is 1. The number of methoxy groups -OCH3 is 1. The summed E-state index contributed by atoms with van der Waals surface area (Å²) in [5.41, 5.74) is 8.86. The minimum absolute atomic E-state index is 0.423. The summed E-state index contributed by atoms with van der Waals surface area (Å²) in [6.07, 6.45) is 0. The number of ether oxygens (including phenoxy) is 1. The molecule has 0 spiro atoms. The fourth-order valence-corrected chi connectivity index (χ4v) is 2.01. The first-order valence-electron chi connectivity index (χ1n) is 5.44. The van der Waals surface area contributed by atoms with Crippen LogP contribution in [0.5, 0.6) is 0 Å². The van der Waals surface area contributed by atoms with E-state index in [0.29, 0.717) is 0 Å². The Morgan fingerprint density at radius 1 is 1.41 bits per heavy atom. The van der Waals surface area contributed by atoms with Gasteiger partial charge in [-0.1, -0.05) is 12.1 Å². The molecule has 4 heteroatoms. The molecule has 1 unspecified atom stereocenters. The number of hydrogen-bond acceptors (Lipinski definition) is 3. The van der Waals surface area contributed by atoms with E-state index in [9.17, 15) is 4.79 Å². The number of fused-ring (bicyclic) bond motifs is 1. The second-order valence-electron chi connectivity index (χ2n) is 4.19. The predicted octanol–water partition coefficient (Wildman–Crippen LogP) is 1.66. The number of nitrogens with zero attached hydrogens (tertiary/aromatic N) is 1. The number of aryl methyl sites for hydroxylation is 2. The van der Waals surface area contributed by atoms with Gasteiger partial charge in [-0.05, 0) is 30.0 Å². The van der Waals surface area contributed by atoms with Crippen LogP contribution in [-0.4, -0.2) is 17.6 Å². The minimum atomic E-state index is -0.738. The van der Waals surface area contributed by atoms with Gasteiger partial charge in [-0.3, -0.25) is 0 Å². The molecule has 1 aromatic heterocycles. The van der Waals surface area contributed by atoms with Crippen LogP contribution in [-0.2, 0) is 16.6 Å². The van der Waals surface area contributed by atoms with Gasteiger partial charge in [-0.25, -0.2) is 4.79 Å². The molecule has 0 radical (unpaired) electrons. The Hall–Kier alpha value is -1.81. The molecular formula is C13H16N2O2. The van der Waals surface area contributed by atoms with Crippen LogP contribution in [0.3, 0.4) is 0 Å². The Balaban J connectivity index is 2.56. The van der Waals surface area contributed by atoms with Crippen molar-refractivity contribution in [3.63, 3.8) is 0 Å². The van der Waals surface area contributed by atoms with Crippen LogP contribution in [0.25, 0.3) is 10.9 Å². The monoisotopic (exact) mass is 232 g/mol. The fourth-order valence-electron chi connectivity index (χ4n) is 2.01. The van der Waals surface area contributed by atoms with Gasteiger partial charge < -0.3 is 15.0 Å². The lowest BCUT2D eigenvalue weighted by Crippen LogP contribution is -2.24. The lowest BCUT2D eigenvalue weighted by Gasteiger charge is -2.10. The molecule has 0 saturated carbocycles.